The van der Waals surface area contributed by atoms with Gasteiger partial charge in [-0.2, -0.15) is 0 Å². The average molecular weight is 453 g/mol. The molecule has 0 spiro atoms. The Morgan fingerprint density at radius 3 is 2.29 bits per heavy atom. The number of allylic oxidation sites excluding steroid dienone is 1. The Kier molecular flexibility index (Phi) is 6.28. The number of ether oxygens (including phenoxy) is 2. The van der Waals surface area contributed by atoms with E-state index in [0.29, 0.717) is 12.0 Å². The highest BCUT2D eigenvalue weighted by atomic mass is 16.5. The molecule has 34 heavy (non-hydrogen) atoms. The van der Waals surface area contributed by atoms with E-state index in [2.05, 4.69) is 67.6 Å². The molecule has 0 heterocycles. The lowest BCUT2D eigenvalue weighted by Crippen LogP contribution is -2.31. The van der Waals surface area contributed by atoms with Gasteiger partial charge in [0.1, 0.15) is 11.9 Å². The monoisotopic (exact) mass is 452 g/mol. The van der Waals surface area contributed by atoms with Gasteiger partial charge in [0.05, 0.1) is 12.7 Å². The maximum absolute atomic E-state index is 13.2. The smallest absolute Gasteiger partial charge is 0.339 e. The number of hydrogen-bond acceptors (Lipinski definition) is 3. The number of carbonyl (C=O) groups is 1. The van der Waals surface area contributed by atoms with E-state index in [0.717, 1.165) is 42.6 Å². The molecular formula is C31H32O3. The predicted octanol–water partition coefficient (Wildman–Crippen LogP) is 7.05. The molecule has 0 bridgehead atoms. The fraction of sp³-hybridized carbons (Fsp3) is 0.323. The van der Waals surface area contributed by atoms with Gasteiger partial charge in [0.15, 0.2) is 0 Å². The molecule has 3 nitrogen and oxygen atoms in total. The molecule has 3 aromatic carbocycles. The molecule has 1 atom stereocenters. The molecule has 0 saturated heterocycles. The number of hydrogen-bond donors (Lipinski definition) is 0. The minimum Gasteiger partial charge on any atom is -0.496 e. The second-order valence-electron chi connectivity index (χ2n) is 9.59. The summed E-state index contributed by atoms with van der Waals surface area (Å²) in [5.41, 5.74) is 5.93. The minimum atomic E-state index is -0.346. The van der Waals surface area contributed by atoms with Gasteiger partial charge in [-0.3, -0.25) is 0 Å². The van der Waals surface area contributed by atoms with Crippen LogP contribution >= 0.6 is 0 Å². The standard InChI is InChI=1S/C31H32O3/c1-22-13-15-24(16-14-22)31(23-9-5-3-6-10-23)20-19-26-27(17-18-29(33-2)28(26)21-31)30(32)34-25-11-7-4-8-12-25/h3,5-6,9-10,13-20,25H,4,7-8,11-12,21H2,1-2H3. The van der Waals surface area contributed by atoms with Crippen LogP contribution in [-0.2, 0) is 16.6 Å². The molecule has 2 aliphatic rings. The third kappa shape index (κ3) is 4.16. The van der Waals surface area contributed by atoms with Crippen molar-refractivity contribution in [3.63, 3.8) is 0 Å². The van der Waals surface area contributed by atoms with Gasteiger partial charge in [-0.15, -0.1) is 0 Å². The molecule has 1 unspecified atom stereocenters. The molecule has 5 rings (SSSR count). The van der Waals surface area contributed by atoms with E-state index >= 15 is 0 Å². The van der Waals surface area contributed by atoms with Crippen molar-refractivity contribution in [3.05, 3.63) is 106 Å². The molecule has 0 N–H and O–H groups in total. The third-order valence-electron chi connectivity index (χ3n) is 7.43. The molecular weight excluding hydrogens is 420 g/mol. The van der Waals surface area contributed by atoms with Gasteiger partial charge in [-0.25, -0.2) is 4.79 Å². The molecule has 1 fully saturated rings. The second kappa shape index (κ2) is 9.50. The molecule has 174 valence electrons. The van der Waals surface area contributed by atoms with Crippen molar-refractivity contribution in [2.45, 2.75) is 57.0 Å². The number of benzene rings is 3. The van der Waals surface area contributed by atoms with Gasteiger partial charge in [0.2, 0.25) is 0 Å². The Hall–Kier alpha value is -3.33. The van der Waals surface area contributed by atoms with Crippen LogP contribution in [0.15, 0.2) is 72.8 Å². The maximum atomic E-state index is 13.2. The quantitative estimate of drug-likeness (QED) is 0.389. The Morgan fingerprint density at radius 2 is 1.59 bits per heavy atom. The van der Waals surface area contributed by atoms with Crippen LogP contribution in [0, 0.1) is 6.92 Å². The van der Waals surface area contributed by atoms with Crippen molar-refractivity contribution >= 4 is 12.0 Å². The van der Waals surface area contributed by atoms with Crippen LogP contribution < -0.4 is 4.74 Å². The zero-order valence-electron chi connectivity index (χ0n) is 20.1. The summed E-state index contributed by atoms with van der Waals surface area (Å²) in [5.74, 6) is 0.582. The SMILES string of the molecule is COc1ccc(C(=O)OC2CCCCC2)c2c1CC(c1ccccc1)(c1ccc(C)cc1)C=C2. The van der Waals surface area contributed by atoms with Crippen LogP contribution in [-0.4, -0.2) is 19.2 Å². The van der Waals surface area contributed by atoms with Crippen LogP contribution in [0.4, 0.5) is 0 Å². The zero-order chi connectivity index (χ0) is 23.5. The Bertz CT molecular complexity index is 1190. The van der Waals surface area contributed by atoms with Gasteiger partial charge < -0.3 is 9.47 Å². The summed E-state index contributed by atoms with van der Waals surface area (Å²) in [7, 11) is 1.70. The van der Waals surface area contributed by atoms with Gasteiger partial charge in [0.25, 0.3) is 0 Å². The van der Waals surface area contributed by atoms with Gasteiger partial charge in [0, 0.05) is 11.0 Å². The van der Waals surface area contributed by atoms with Gasteiger partial charge in [-0.1, -0.05) is 78.7 Å². The molecule has 2 aliphatic carbocycles. The molecule has 0 aliphatic heterocycles. The van der Waals surface area contributed by atoms with E-state index in [-0.39, 0.29) is 17.5 Å². The molecule has 3 aromatic rings. The highest BCUT2D eigenvalue weighted by Crippen LogP contribution is 2.45. The van der Waals surface area contributed by atoms with Crippen molar-refractivity contribution in [2.75, 3.05) is 7.11 Å². The lowest BCUT2D eigenvalue weighted by Gasteiger charge is -2.36. The molecule has 0 radical (unpaired) electrons. The fourth-order valence-corrected chi connectivity index (χ4v) is 5.50. The summed E-state index contributed by atoms with van der Waals surface area (Å²) < 4.78 is 11.7. The maximum Gasteiger partial charge on any atom is 0.339 e. The number of methoxy groups -OCH3 is 1. The molecule has 3 heteroatoms. The largest absolute Gasteiger partial charge is 0.496 e. The average Bonchev–Trinajstić information content (AvgIpc) is 2.89. The number of rotatable bonds is 5. The minimum absolute atomic E-state index is 0.0301. The highest BCUT2D eigenvalue weighted by molar-refractivity contribution is 5.95. The lowest BCUT2D eigenvalue weighted by atomic mass is 9.66. The first-order valence-corrected chi connectivity index (χ1v) is 12.3. The third-order valence-corrected chi connectivity index (χ3v) is 7.43. The predicted molar refractivity (Wildman–Crippen MR) is 136 cm³/mol. The summed E-state index contributed by atoms with van der Waals surface area (Å²) in [4.78, 5) is 13.2. The number of aryl methyl sites for hydroxylation is 1. The van der Waals surface area contributed by atoms with Crippen molar-refractivity contribution in [1.82, 2.24) is 0 Å². The summed E-state index contributed by atoms with van der Waals surface area (Å²) >= 11 is 0. The van der Waals surface area contributed by atoms with E-state index < -0.39 is 0 Å². The van der Waals surface area contributed by atoms with Crippen molar-refractivity contribution in [1.29, 1.82) is 0 Å². The van der Waals surface area contributed by atoms with Crippen molar-refractivity contribution in [2.24, 2.45) is 0 Å². The van der Waals surface area contributed by atoms with Crippen molar-refractivity contribution < 1.29 is 14.3 Å². The second-order valence-corrected chi connectivity index (χ2v) is 9.59. The molecule has 0 amide bonds. The number of esters is 1. The first kappa shape index (κ1) is 22.5. The first-order chi connectivity index (χ1) is 16.6. The Morgan fingerprint density at radius 1 is 0.882 bits per heavy atom. The summed E-state index contributed by atoms with van der Waals surface area (Å²) in [6.45, 7) is 2.11. The van der Waals surface area contributed by atoms with E-state index in [9.17, 15) is 4.79 Å². The lowest BCUT2D eigenvalue weighted by molar-refractivity contribution is 0.0210. The van der Waals surface area contributed by atoms with E-state index in [1.807, 2.05) is 18.2 Å². The van der Waals surface area contributed by atoms with Crippen molar-refractivity contribution in [3.8, 4) is 5.75 Å². The topological polar surface area (TPSA) is 35.5 Å². The van der Waals surface area contributed by atoms with E-state index in [4.69, 9.17) is 9.47 Å². The van der Waals surface area contributed by atoms with Crippen LogP contribution in [0.3, 0.4) is 0 Å². The Balaban J connectivity index is 1.59. The number of fused-ring (bicyclic) bond motifs is 1. The van der Waals surface area contributed by atoms with Crippen LogP contribution in [0.1, 0.15) is 70.3 Å². The normalized spacial score (nSPS) is 19.9. The fourth-order valence-electron chi connectivity index (χ4n) is 5.50. The Labute approximate surface area is 202 Å². The van der Waals surface area contributed by atoms with E-state index in [1.165, 1.54) is 23.1 Å². The zero-order valence-corrected chi connectivity index (χ0v) is 20.1. The van der Waals surface area contributed by atoms with E-state index in [1.54, 1.807) is 7.11 Å². The first-order valence-electron chi connectivity index (χ1n) is 12.3. The van der Waals surface area contributed by atoms with Gasteiger partial charge in [-0.05, 0) is 67.9 Å². The molecule has 1 saturated carbocycles. The summed E-state index contributed by atoms with van der Waals surface area (Å²) in [5, 5.41) is 0. The van der Waals surface area contributed by atoms with Crippen LogP contribution in [0.5, 0.6) is 5.75 Å². The highest BCUT2D eigenvalue weighted by Gasteiger charge is 2.37. The van der Waals surface area contributed by atoms with Crippen LogP contribution in [0.2, 0.25) is 0 Å². The molecule has 0 aromatic heterocycles. The van der Waals surface area contributed by atoms with Crippen LogP contribution in [0.25, 0.3) is 6.08 Å². The summed E-state index contributed by atoms with van der Waals surface area (Å²) in [6.07, 6.45) is 10.5. The summed E-state index contributed by atoms with van der Waals surface area (Å²) in [6, 6.07) is 23.1. The number of carbonyl (C=O) groups excluding carboxylic acids is 1. The van der Waals surface area contributed by atoms with Gasteiger partial charge >= 0.3 is 5.97 Å².